The molecule has 1 unspecified atom stereocenters. The van der Waals surface area contributed by atoms with Crippen molar-refractivity contribution < 1.29 is 0 Å². The van der Waals surface area contributed by atoms with E-state index < -0.39 is 0 Å². The van der Waals surface area contributed by atoms with Gasteiger partial charge in [-0.3, -0.25) is 0 Å². The maximum atomic E-state index is 6.13. The normalized spacial score (nSPS) is 12.5. The highest BCUT2D eigenvalue weighted by Crippen LogP contribution is 2.34. The molecule has 21 heavy (non-hydrogen) atoms. The van der Waals surface area contributed by atoms with E-state index >= 15 is 0 Å². The van der Waals surface area contributed by atoms with Crippen molar-refractivity contribution >= 4 is 60.9 Å². The zero-order valence-corrected chi connectivity index (χ0v) is 15.7. The van der Waals surface area contributed by atoms with Gasteiger partial charge in [0.05, 0.1) is 0 Å². The van der Waals surface area contributed by atoms with E-state index in [2.05, 4.69) is 87.1 Å². The number of halogens is 3. The van der Waals surface area contributed by atoms with Gasteiger partial charge in [-0.15, -0.1) is 0 Å². The summed E-state index contributed by atoms with van der Waals surface area (Å²) in [5.74, 6) is 0. The highest BCUT2D eigenvalue weighted by Gasteiger charge is 2.14. The van der Waals surface area contributed by atoms with Gasteiger partial charge in [0.15, 0.2) is 0 Å². The molecule has 3 aromatic carbocycles. The summed E-state index contributed by atoms with van der Waals surface area (Å²) in [4.78, 5) is 0.258. The summed E-state index contributed by atoms with van der Waals surface area (Å²) in [6, 6.07) is 21.1. The number of alkyl halides is 1. The predicted octanol–water partition coefficient (Wildman–Crippen LogP) is 6.78. The fourth-order valence-electron chi connectivity index (χ4n) is 2.53. The molecule has 106 valence electrons. The lowest BCUT2D eigenvalue weighted by Crippen LogP contribution is -1.99. The van der Waals surface area contributed by atoms with Crippen LogP contribution in [-0.2, 0) is 6.42 Å². The summed E-state index contributed by atoms with van der Waals surface area (Å²) < 4.78 is 1.24. The number of hydrogen-bond donors (Lipinski definition) is 0. The standard InChI is InChI=1S/C18H13BrClI/c19-17(16-11-14(20)8-9-18(16)21)10-13-6-3-5-12-4-1-2-7-15(12)13/h1-9,11,17H,10H2. The first kappa shape index (κ1) is 15.3. The largest absolute Gasteiger partial charge is 0.0843 e. The van der Waals surface area contributed by atoms with E-state index in [1.807, 2.05) is 12.1 Å². The van der Waals surface area contributed by atoms with Gasteiger partial charge >= 0.3 is 0 Å². The molecule has 0 aliphatic heterocycles. The molecule has 0 radical (unpaired) electrons. The molecular weight excluding hydrogens is 458 g/mol. The molecule has 0 spiro atoms. The Balaban J connectivity index is 1.96. The third-order valence-electron chi connectivity index (χ3n) is 3.57. The minimum atomic E-state index is 0.258. The van der Waals surface area contributed by atoms with Crippen molar-refractivity contribution in [2.24, 2.45) is 0 Å². The smallest absolute Gasteiger partial charge is 0.0446 e. The first-order valence-electron chi connectivity index (χ1n) is 6.71. The Bertz CT molecular complexity index is 780. The highest BCUT2D eigenvalue weighted by molar-refractivity contribution is 14.1. The number of rotatable bonds is 3. The monoisotopic (exact) mass is 470 g/mol. The van der Waals surface area contributed by atoms with Gasteiger partial charge in [0.25, 0.3) is 0 Å². The lowest BCUT2D eigenvalue weighted by atomic mass is 9.98. The molecular formula is C18H13BrClI. The van der Waals surface area contributed by atoms with Gasteiger partial charge in [-0.25, -0.2) is 0 Å². The Morgan fingerprint density at radius 3 is 2.62 bits per heavy atom. The SMILES string of the molecule is Clc1ccc(I)c(C(Br)Cc2cccc3ccccc23)c1. The minimum absolute atomic E-state index is 0.258. The number of benzene rings is 3. The van der Waals surface area contributed by atoms with Gasteiger partial charge in [-0.2, -0.15) is 0 Å². The van der Waals surface area contributed by atoms with Crippen molar-refractivity contribution in [2.45, 2.75) is 11.2 Å². The Morgan fingerprint density at radius 2 is 1.76 bits per heavy atom. The molecule has 0 fully saturated rings. The van der Waals surface area contributed by atoms with Crippen LogP contribution in [0.3, 0.4) is 0 Å². The Labute approximate surface area is 151 Å². The van der Waals surface area contributed by atoms with Crippen LogP contribution in [0.15, 0.2) is 60.7 Å². The summed E-state index contributed by atoms with van der Waals surface area (Å²) in [5, 5.41) is 3.39. The molecule has 0 N–H and O–H groups in total. The molecule has 0 saturated heterocycles. The molecule has 0 heterocycles. The van der Waals surface area contributed by atoms with Crippen LogP contribution in [0, 0.1) is 3.57 Å². The van der Waals surface area contributed by atoms with Gasteiger partial charge in [0, 0.05) is 13.4 Å². The molecule has 1 atom stereocenters. The first-order valence-corrected chi connectivity index (χ1v) is 9.08. The molecule has 0 aromatic heterocycles. The molecule has 3 rings (SSSR count). The minimum Gasteiger partial charge on any atom is -0.0843 e. The van der Waals surface area contributed by atoms with Gasteiger partial charge in [0.2, 0.25) is 0 Å². The van der Waals surface area contributed by atoms with E-state index in [0.717, 1.165) is 11.4 Å². The number of fused-ring (bicyclic) bond motifs is 1. The summed E-state index contributed by atoms with van der Waals surface area (Å²) in [7, 11) is 0. The molecule has 0 saturated carbocycles. The highest BCUT2D eigenvalue weighted by atomic mass is 127. The molecule has 0 aliphatic rings. The number of hydrogen-bond acceptors (Lipinski definition) is 0. The van der Waals surface area contributed by atoms with Gasteiger partial charge < -0.3 is 0 Å². The molecule has 0 bridgehead atoms. The van der Waals surface area contributed by atoms with Crippen molar-refractivity contribution in [3.63, 3.8) is 0 Å². The van der Waals surface area contributed by atoms with Crippen LogP contribution in [0.25, 0.3) is 10.8 Å². The van der Waals surface area contributed by atoms with Gasteiger partial charge in [-0.05, 0) is 69.1 Å². The van der Waals surface area contributed by atoms with Crippen LogP contribution in [0.4, 0.5) is 0 Å². The van der Waals surface area contributed by atoms with Crippen LogP contribution in [0.2, 0.25) is 5.02 Å². The maximum absolute atomic E-state index is 6.13. The molecule has 3 aromatic rings. The Kier molecular flexibility index (Phi) is 4.87. The van der Waals surface area contributed by atoms with E-state index in [1.165, 1.54) is 25.5 Å². The fourth-order valence-corrected chi connectivity index (χ4v) is 4.58. The maximum Gasteiger partial charge on any atom is 0.0446 e. The van der Waals surface area contributed by atoms with E-state index in [-0.39, 0.29) is 4.83 Å². The second-order valence-electron chi connectivity index (χ2n) is 4.98. The fraction of sp³-hybridized carbons (Fsp3) is 0.111. The summed E-state index contributed by atoms with van der Waals surface area (Å²) in [6.45, 7) is 0. The van der Waals surface area contributed by atoms with Crippen LogP contribution in [0.1, 0.15) is 16.0 Å². The van der Waals surface area contributed by atoms with E-state index in [1.54, 1.807) is 0 Å². The van der Waals surface area contributed by atoms with Crippen LogP contribution in [0.5, 0.6) is 0 Å². The molecule has 0 amide bonds. The predicted molar refractivity (Wildman–Crippen MR) is 103 cm³/mol. The van der Waals surface area contributed by atoms with Crippen molar-refractivity contribution in [3.05, 3.63) is 80.4 Å². The topological polar surface area (TPSA) is 0 Å². The quantitative estimate of drug-likeness (QED) is 0.292. The lowest BCUT2D eigenvalue weighted by Gasteiger charge is -2.14. The van der Waals surface area contributed by atoms with Crippen molar-refractivity contribution in [3.8, 4) is 0 Å². The second kappa shape index (κ2) is 6.67. The lowest BCUT2D eigenvalue weighted by molar-refractivity contribution is 0.951. The van der Waals surface area contributed by atoms with Crippen molar-refractivity contribution in [1.82, 2.24) is 0 Å². The zero-order valence-electron chi connectivity index (χ0n) is 11.2. The third-order valence-corrected chi connectivity index (χ3v) is 5.61. The van der Waals surface area contributed by atoms with Crippen molar-refractivity contribution in [1.29, 1.82) is 0 Å². The summed E-state index contributed by atoms with van der Waals surface area (Å²) in [5.41, 5.74) is 2.60. The van der Waals surface area contributed by atoms with E-state index in [4.69, 9.17) is 11.6 Å². The third kappa shape index (κ3) is 3.43. The molecule has 3 heteroatoms. The zero-order chi connectivity index (χ0) is 14.8. The molecule has 0 nitrogen and oxygen atoms in total. The summed E-state index contributed by atoms with van der Waals surface area (Å²) in [6.07, 6.45) is 0.942. The van der Waals surface area contributed by atoms with Gasteiger partial charge in [0.1, 0.15) is 0 Å². The first-order chi connectivity index (χ1) is 10.1. The second-order valence-corrected chi connectivity index (χ2v) is 7.68. The van der Waals surface area contributed by atoms with Gasteiger partial charge in [-0.1, -0.05) is 70.0 Å². The Morgan fingerprint density at radius 1 is 1.00 bits per heavy atom. The van der Waals surface area contributed by atoms with E-state index in [0.29, 0.717) is 0 Å². The van der Waals surface area contributed by atoms with E-state index in [9.17, 15) is 0 Å². The average Bonchev–Trinajstić information content (AvgIpc) is 2.50. The van der Waals surface area contributed by atoms with Crippen LogP contribution in [-0.4, -0.2) is 0 Å². The molecule has 0 aliphatic carbocycles. The van der Waals surface area contributed by atoms with Crippen LogP contribution >= 0.6 is 50.1 Å². The average molecular weight is 472 g/mol. The van der Waals surface area contributed by atoms with Crippen LogP contribution < -0.4 is 0 Å². The summed E-state index contributed by atoms with van der Waals surface area (Å²) >= 11 is 12.3. The Hall–Kier alpha value is -0.580. The van der Waals surface area contributed by atoms with Crippen molar-refractivity contribution in [2.75, 3.05) is 0 Å².